The van der Waals surface area contributed by atoms with Gasteiger partial charge in [-0.1, -0.05) is 68.1 Å². The number of rotatable bonds is 13. The molecule has 0 radical (unpaired) electrons. The molecule has 3 aromatic carbocycles. The maximum atomic E-state index is 11.3. The molecule has 10 nitrogen and oxygen atoms in total. The first-order valence-electron chi connectivity index (χ1n) is 15.2. The van der Waals surface area contributed by atoms with Crippen LogP contribution in [0.5, 0.6) is 5.75 Å². The summed E-state index contributed by atoms with van der Waals surface area (Å²) in [5.41, 5.74) is 1.81. The zero-order valence-electron chi connectivity index (χ0n) is 27.5. The summed E-state index contributed by atoms with van der Waals surface area (Å²) in [6, 6.07) is 17.7. The number of thiazole rings is 1. The van der Waals surface area contributed by atoms with E-state index in [1.54, 1.807) is 18.4 Å². The van der Waals surface area contributed by atoms with E-state index in [0.717, 1.165) is 41.6 Å². The second-order valence-corrected chi connectivity index (χ2v) is 15.8. The second-order valence-electron chi connectivity index (χ2n) is 10.6. The molecule has 0 saturated heterocycles. The molecule has 5 rings (SSSR count). The van der Waals surface area contributed by atoms with Crippen molar-refractivity contribution in [2.45, 2.75) is 45.1 Å². The van der Waals surface area contributed by atoms with Gasteiger partial charge in [-0.15, -0.1) is 0 Å². The highest BCUT2D eigenvalue weighted by Gasteiger charge is 2.29. The highest BCUT2D eigenvalue weighted by Crippen LogP contribution is 2.48. The van der Waals surface area contributed by atoms with Crippen LogP contribution in [0.25, 0.3) is 27.1 Å². The maximum Gasteiger partial charge on any atom is 1.00 e. The van der Waals surface area contributed by atoms with E-state index in [-0.39, 0.29) is 14.3 Å². The Morgan fingerprint density at radius 3 is 2.24 bits per heavy atom. The van der Waals surface area contributed by atoms with E-state index >= 15 is 0 Å². The van der Waals surface area contributed by atoms with Crippen molar-refractivity contribution < 1.29 is 36.7 Å². The van der Waals surface area contributed by atoms with Crippen molar-refractivity contribution in [3.8, 4) is 5.75 Å². The fraction of sp³-hybridized carbons (Fsp3) is 0.406. The van der Waals surface area contributed by atoms with Crippen LogP contribution in [0.3, 0.4) is 0 Å². The van der Waals surface area contributed by atoms with E-state index in [9.17, 15) is 25.9 Å². The van der Waals surface area contributed by atoms with Crippen LogP contribution in [0.1, 0.15) is 40.0 Å². The quantitative estimate of drug-likeness (QED) is 0.128. The summed E-state index contributed by atoms with van der Waals surface area (Å²) in [5.74, 6) is -0.285. The molecule has 2 heterocycles. The molecule has 0 unspecified atom stereocenters. The molecule has 1 aliphatic heterocycles. The summed E-state index contributed by atoms with van der Waals surface area (Å²) >= 11 is 3.07. The Morgan fingerprint density at radius 1 is 0.935 bits per heavy atom. The van der Waals surface area contributed by atoms with Gasteiger partial charge in [0.2, 0.25) is 5.52 Å². The Balaban J connectivity index is 0.000000677. The first-order valence-corrected chi connectivity index (χ1v) is 19.9. The Morgan fingerprint density at radius 2 is 1.61 bits per heavy atom. The largest absolute Gasteiger partial charge is 1.00 e. The van der Waals surface area contributed by atoms with Crippen LogP contribution in [0.2, 0.25) is 0 Å². The number of anilines is 1. The summed E-state index contributed by atoms with van der Waals surface area (Å²) < 4.78 is 76.2. The summed E-state index contributed by atoms with van der Waals surface area (Å²) in [6.07, 6.45) is 2.31. The standard InChI is InChI=1S/C26H26N2O7S4.C6H15N/c1-35-19-9-11-22-21(16-19)27(12-4-14-38(29,30)31)24(36-22)17-25-28(13-5-15-39(32,33)34)26-20-7-3-2-6-18(20)8-10-23(26)37-25;1-4-7(5-2)6-3/h2-3,6-11,16-17H,4-5,12-15H2,1H3,(H-,29,30,31,32,33,34);4-6H2,1-3H3. The molecule has 46 heavy (non-hydrogen) atoms. The van der Waals surface area contributed by atoms with Crippen LogP contribution in [-0.4, -0.2) is 75.6 Å². The van der Waals surface area contributed by atoms with Crippen LogP contribution in [-0.2, 0) is 26.8 Å². The van der Waals surface area contributed by atoms with Gasteiger partial charge in [0.15, 0.2) is 6.54 Å². The number of hydrogen-bond acceptors (Lipinski definition) is 11. The summed E-state index contributed by atoms with van der Waals surface area (Å²) in [4.78, 5) is 5.31. The number of methoxy groups -OCH3 is 1. The van der Waals surface area contributed by atoms with Gasteiger partial charge in [-0.05, 0) is 55.7 Å². The molecule has 0 amide bonds. The molecule has 0 bridgehead atoms. The van der Waals surface area contributed by atoms with Gasteiger partial charge >= 0.3 is 1.43 Å². The van der Waals surface area contributed by atoms with E-state index in [4.69, 9.17) is 4.74 Å². The maximum absolute atomic E-state index is 11.3. The minimum atomic E-state index is -4.36. The topological polar surface area (TPSA) is 134 Å². The van der Waals surface area contributed by atoms with Gasteiger partial charge in [0, 0.05) is 35.4 Å². The third-order valence-corrected chi connectivity index (χ3v) is 11.5. The molecule has 4 aromatic rings. The normalized spacial score (nSPS) is 14.2. The smallest absolute Gasteiger partial charge is 0.748 e. The zero-order chi connectivity index (χ0) is 33.5. The molecular weight excluding hydrogens is 667 g/mol. The van der Waals surface area contributed by atoms with Crippen molar-refractivity contribution in [2.24, 2.45) is 0 Å². The fourth-order valence-electron chi connectivity index (χ4n) is 5.32. The summed E-state index contributed by atoms with van der Waals surface area (Å²) in [5, 5.41) is 3.75. The molecule has 14 heteroatoms. The van der Waals surface area contributed by atoms with Crippen LogP contribution in [0.4, 0.5) is 5.69 Å². The molecule has 1 aromatic heterocycles. The van der Waals surface area contributed by atoms with Crippen molar-refractivity contribution in [1.29, 1.82) is 0 Å². The highest BCUT2D eigenvalue weighted by atomic mass is 32.2. The first-order chi connectivity index (χ1) is 21.9. The molecule has 1 aliphatic rings. The van der Waals surface area contributed by atoms with Gasteiger partial charge in [-0.3, -0.25) is 0 Å². The lowest BCUT2D eigenvalue weighted by Crippen LogP contribution is -2.36. The van der Waals surface area contributed by atoms with E-state index in [2.05, 4.69) is 25.7 Å². The average molecular weight is 708 g/mol. The monoisotopic (exact) mass is 707 g/mol. The first kappa shape index (κ1) is 36.1. The number of aryl methyl sites for hydroxylation is 1. The van der Waals surface area contributed by atoms with Gasteiger partial charge in [0.1, 0.15) is 10.4 Å². The van der Waals surface area contributed by atoms with Gasteiger partial charge in [-0.2, -0.15) is 4.57 Å². The molecule has 0 aliphatic carbocycles. The summed E-state index contributed by atoms with van der Waals surface area (Å²) in [6.45, 7) is 10.8. The predicted octanol–water partition coefficient (Wildman–Crippen LogP) is 5.59. The van der Waals surface area contributed by atoms with Gasteiger partial charge in [0.05, 0.1) is 49.5 Å². The Labute approximate surface area is 281 Å². The van der Waals surface area contributed by atoms with E-state index in [0.29, 0.717) is 18.8 Å². The molecule has 0 N–H and O–H groups in total. The van der Waals surface area contributed by atoms with Crippen molar-refractivity contribution in [3.05, 3.63) is 64.6 Å². The summed E-state index contributed by atoms with van der Waals surface area (Å²) in [7, 11) is -7.14. The fourth-order valence-corrected chi connectivity index (χ4v) is 8.61. The van der Waals surface area contributed by atoms with Gasteiger partial charge in [0.25, 0.3) is 5.01 Å². The van der Waals surface area contributed by atoms with Crippen molar-refractivity contribution in [1.82, 2.24) is 4.90 Å². The zero-order valence-corrected chi connectivity index (χ0v) is 29.7. The van der Waals surface area contributed by atoms with Gasteiger partial charge in [-0.25, -0.2) is 16.8 Å². The molecule has 0 atom stereocenters. The third-order valence-electron chi connectivity index (χ3n) is 7.69. The molecule has 0 saturated carbocycles. The lowest BCUT2D eigenvalue weighted by atomic mass is 10.1. The molecule has 0 spiro atoms. The number of fused-ring (bicyclic) bond motifs is 4. The SMILES string of the molecule is CCN(CC)CC.COc1ccc2c(c1)N(CCCS(=O)(=O)[O-])/C(=C/c1sc3ccc4ccccc4c3[n+]1CCCS(=O)(=O)[O-])S2.[H+]. The Kier molecular flexibility index (Phi) is 12.5. The molecule has 250 valence electrons. The number of ether oxygens (including phenoxy) is 1. The lowest BCUT2D eigenvalue weighted by Gasteiger charge is -2.21. The predicted molar refractivity (Wildman–Crippen MR) is 187 cm³/mol. The van der Waals surface area contributed by atoms with Gasteiger partial charge < -0.3 is 23.6 Å². The Hall–Kier alpha value is -2.72. The Bertz CT molecular complexity index is 1910. The number of nitrogens with zero attached hydrogens (tertiary/aromatic N) is 3. The highest BCUT2D eigenvalue weighted by molar-refractivity contribution is 8.04. The van der Waals surface area contributed by atoms with Crippen LogP contribution < -0.4 is 14.2 Å². The van der Waals surface area contributed by atoms with Crippen LogP contribution in [0.15, 0.2) is 64.5 Å². The number of aromatic nitrogens is 1. The second kappa shape index (κ2) is 15.9. The van der Waals surface area contributed by atoms with E-state index in [1.165, 1.54) is 31.4 Å². The number of benzene rings is 3. The average Bonchev–Trinajstić information content (AvgIpc) is 3.54. The lowest BCUT2D eigenvalue weighted by molar-refractivity contribution is -0.667. The van der Waals surface area contributed by atoms with Crippen LogP contribution >= 0.6 is 23.1 Å². The van der Waals surface area contributed by atoms with E-state index < -0.39 is 31.7 Å². The minimum absolute atomic E-state index is 0. The molecular formula is C32H41N3O7S4. The number of thioether (sulfide) groups is 1. The van der Waals surface area contributed by atoms with Crippen LogP contribution in [0, 0.1) is 0 Å². The third kappa shape index (κ3) is 9.43. The molecule has 0 fully saturated rings. The number of hydrogen-bond donors (Lipinski definition) is 0. The van der Waals surface area contributed by atoms with Crippen molar-refractivity contribution in [3.63, 3.8) is 0 Å². The van der Waals surface area contributed by atoms with Crippen molar-refractivity contribution in [2.75, 3.05) is 49.7 Å². The minimum Gasteiger partial charge on any atom is -0.748 e. The van der Waals surface area contributed by atoms with Crippen molar-refractivity contribution >= 4 is 76.1 Å². The van der Waals surface area contributed by atoms with E-state index in [1.807, 2.05) is 70.1 Å².